The molecule has 1 aliphatic heterocycles. The second-order valence-corrected chi connectivity index (χ2v) is 6.71. The zero-order valence-corrected chi connectivity index (χ0v) is 12.0. The van der Waals surface area contributed by atoms with Crippen molar-refractivity contribution in [2.45, 2.75) is 36.3 Å². The summed E-state index contributed by atoms with van der Waals surface area (Å²) in [5, 5.41) is 2.59. The van der Waals surface area contributed by atoms with Crippen molar-refractivity contribution >= 4 is 27.6 Å². The summed E-state index contributed by atoms with van der Waals surface area (Å²) in [6.45, 7) is 2.18. The Bertz CT molecular complexity index is 657. The summed E-state index contributed by atoms with van der Waals surface area (Å²) < 4.78 is 12.6. The Hall–Kier alpha value is -1.41. The average molecular weight is 270 g/mol. The van der Waals surface area contributed by atoms with Gasteiger partial charge in [0.1, 0.15) is 0 Å². The first-order valence-corrected chi connectivity index (χ1v) is 8.12. The minimum absolute atomic E-state index is 0.189. The topological polar surface area (TPSA) is 17.1 Å². The van der Waals surface area contributed by atoms with Gasteiger partial charge in [-0.15, -0.1) is 0 Å². The molecule has 2 aromatic rings. The van der Waals surface area contributed by atoms with Gasteiger partial charge in [0.25, 0.3) is 0 Å². The van der Waals surface area contributed by atoms with Crippen molar-refractivity contribution in [3.63, 3.8) is 0 Å². The monoisotopic (exact) mass is 270 g/mol. The smallest absolute Gasteiger partial charge is 0.0605 e. The van der Waals surface area contributed by atoms with Crippen LogP contribution in [-0.2, 0) is 10.8 Å². The first-order chi connectivity index (χ1) is 9.29. The SMILES string of the molecule is CCCCC1C=Cc2cc3ccccc3cc2S1=O. The van der Waals surface area contributed by atoms with E-state index >= 15 is 0 Å². The zero-order valence-electron chi connectivity index (χ0n) is 11.1. The fourth-order valence-electron chi connectivity index (χ4n) is 2.60. The van der Waals surface area contributed by atoms with Crippen LogP contribution < -0.4 is 0 Å². The molecule has 0 N–H and O–H groups in total. The first-order valence-electron chi connectivity index (χ1n) is 6.91. The molecule has 0 saturated heterocycles. The van der Waals surface area contributed by atoms with Gasteiger partial charge in [0.15, 0.2) is 0 Å². The van der Waals surface area contributed by atoms with Crippen LogP contribution in [0.2, 0.25) is 0 Å². The van der Waals surface area contributed by atoms with E-state index in [4.69, 9.17) is 0 Å². The van der Waals surface area contributed by atoms with Crippen LogP contribution >= 0.6 is 0 Å². The zero-order chi connectivity index (χ0) is 13.2. The molecule has 2 heteroatoms. The summed E-state index contributed by atoms with van der Waals surface area (Å²) in [5.41, 5.74) is 1.12. The van der Waals surface area contributed by atoms with Crippen molar-refractivity contribution < 1.29 is 4.21 Å². The van der Waals surface area contributed by atoms with E-state index < -0.39 is 10.8 Å². The highest BCUT2D eigenvalue weighted by Gasteiger charge is 2.21. The van der Waals surface area contributed by atoms with Crippen molar-refractivity contribution in [1.82, 2.24) is 0 Å². The van der Waals surface area contributed by atoms with Gasteiger partial charge in [0.05, 0.1) is 16.0 Å². The van der Waals surface area contributed by atoms with Crippen molar-refractivity contribution in [1.29, 1.82) is 0 Å². The summed E-state index contributed by atoms with van der Waals surface area (Å²) in [7, 11) is -0.897. The largest absolute Gasteiger partial charge is 0.254 e. The van der Waals surface area contributed by atoms with Crippen molar-refractivity contribution in [3.05, 3.63) is 48.0 Å². The van der Waals surface area contributed by atoms with Gasteiger partial charge in [-0.2, -0.15) is 0 Å². The lowest BCUT2D eigenvalue weighted by atomic mass is 10.1. The molecule has 2 aromatic carbocycles. The molecule has 3 rings (SSSR count). The number of hydrogen-bond acceptors (Lipinski definition) is 1. The number of rotatable bonds is 3. The van der Waals surface area contributed by atoms with Crippen molar-refractivity contribution in [2.24, 2.45) is 0 Å². The Morgan fingerprint density at radius 2 is 1.89 bits per heavy atom. The second-order valence-electron chi connectivity index (χ2n) is 5.07. The van der Waals surface area contributed by atoms with Gasteiger partial charge in [0, 0.05) is 4.90 Å². The average Bonchev–Trinajstić information content (AvgIpc) is 2.45. The highest BCUT2D eigenvalue weighted by Crippen LogP contribution is 2.30. The Labute approximate surface area is 116 Å². The second kappa shape index (κ2) is 5.30. The predicted octanol–water partition coefficient (Wildman–Crippen LogP) is 4.53. The molecule has 0 radical (unpaired) electrons. The maximum absolute atomic E-state index is 12.6. The lowest BCUT2D eigenvalue weighted by molar-refractivity contribution is 0.661. The van der Waals surface area contributed by atoms with Crippen molar-refractivity contribution in [3.8, 4) is 0 Å². The first kappa shape index (κ1) is 12.6. The van der Waals surface area contributed by atoms with Crippen LogP contribution in [0.5, 0.6) is 0 Å². The Morgan fingerprint density at radius 1 is 1.16 bits per heavy atom. The third-order valence-electron chi connectivity index (χ3n) is 3.70. The molecule has 1 heterocycles. The lowest BCUT2D eigenvalue weighted by Crippen LogP contribution is -2.16. The van der Waals surface area contributed by atoms with E-state index in [0.29, 0.717) is 0 Å². The molecule has 2 atom stereocenters. The van der Waals surface area contributed by atoms with E-state index in [-0.39, 0.29) is 5.25 Å². The molecule has 1 aliphatic rings. The fraction of sp³-hybridized carbons (Fsp3) is 0.294. The number of unbranched alkanes of at least 4 members (excludes halogenated alkanes) is 1. The molecule has 0 saturated carbocycles. The van der Waals surface area contributed by atoms with E-state index in [2.05, 4.69) is 43.3 Å². The van der Waals surface area contributed by atoms with Crippen LogP contribution in [0, 0.1) is 0 Å². The summed E-state index contributed by atoms with van der Waals surface area (Å²) >= 11 is 0. The van der Waals surface area contributed by atoms with Crippen LogP contribution in [0.3, 0.4) is 0 Å². The van der Waals surface area contributed by atoms with E-state index in [1.165, 1.54) is 10.8 Å². The quantitative estimate of drug-likeness (QED) is 0.800. The van der Waals surface area contributed by atoms with Crippen LogP contribution in [0.25, 0.3) is 16.8 Å². The number of fused-ring (bicyclic) bond motifs is 2. The van der Waals surface area contributed by atoms with E-state index in [1.54, 1.807) is 0 Å². The van der Waals surface area contributed by atoms with Crippen LogP contribution in [0.15, 0.2) is 47.4 Å². The molecule has 0 aliphatic carbocycles. The molecule has 0 fully saturated rings. The molecule has 0 bridgehead atoms. The molecular weight excluding hydrogens is 252 g/mol. The highest BCUT2D eigenvalue weighted by atomic mass is 32.2. The van der Waals surface area contributed by atoms with Crippen LogP contribution in [0.4, 0.5) is 0 Å². The standard InChI is InChI=1S/C17H18OS/c1-2-3-8-16-10-9-15-11-13-6-4-5-7-14(13)12-17(15)19(16)18/h4-7,9-12,16H,2-3,8H2,1H3. The van der Waals surface area contributed by atoms with E-state index in [0.717, 1.165) is 29.7 Å². The molecule has 19 heavy (non-hydrogen) atoms. The van der Waals surface area contributed by atoms with Crippen molar-refractivity contribution in [2.75, 3.05) is 0 Å². The molecule has 2 unspecified atom stereocenters. The van der Waals surface area contributed by atoms with Gasteiger partial charge < -0.3 is 0 Å². The van der Waals surface area contributed by atoms with Gasteiger partial charge in [-0.3, -0.25) is 4.21 Å². The number of benzene rings is 2. The predicted molar refractivity (Wildman–Crippen MR) is 82.7 cm³/mol. The molecule has 98 valence electrons. The van der Waals surface area contributed by atoms with Gasteiger partial charge in [0.2, 0.25) is 0 Å². The Balaban J connectivity index is 2.03. The third kappa shape index (κ3) is 2.37. The molecule has 1 nitrogen and oxygen atoms in total. The molecular formula is C17H18OS. The molecule has 0 amide bonds. The Kier molecular flexibility index (Phi) is 3.52. The summed E-state index contributed by atoms with van der Waals surface area (Å²) in [5.74, 6) is 0. The van der Waals surface area contributed by atoms with E-state index in [1.807, 2.05) is 12.1 Å². The normalized spacial score (nSPS) is 21.5. The summed E-state index contributed by atoms with van der Waals surface area (Å²) in [4.78, 5) is 1.00. The van der Waals surface area contributed by atoms with Gasteiger partial charge in [-0.05, 0) is 34.9 Å². The summed E-state index contributed by atoms with van der Waals surface area (Å²) in [6, 6.07) is 12.5. The third-order valence-corrected chi connectivity index (χ3v) is 5.43. The maximum atomic E-state index is 12.6. The fourth-order valence-corrected chi connectivity index (χ4v) is 4.13. The molecule has 0 spiro atoms. The van der Waals surface area contributed by atoms with Crippen LogP contribution in [0.1, 0.15) is 31.7 Å². The van der Waals surface area contributed by atoms with E-state index in [9.17, 15) is 4.21 Å². The minimum atomic E-state index is -0.897. The highest BCUT2D eigenvalue weighted by molar-refractivity contribution is 7.86. The van der Waals surface area contributed by atoms with Gasteiger partial charge in [-0.1, -0.05) is 56.2 Å². The van der Waals surface area contributed by atoms with Gasteiger partial charge >= 0.3 is 0 Å². The van der Waals surface area contributed by atoms with Crippen LogP contribution in [-0.4, -0.2) is 9.46 Å². The molecule has 0 aromatic heterocycles. The van der Waals surface area contributed by atoms with Gasteiger partial charge in [-0.25, -0.2) is 0 Å². The Morgan fingerprint density at radius 3 is 2.63 bits per heavy atom. The summed E-state index contributed by atoms with van der Waals surface area (Å²) in [6.07, 6.45) is 7.59. The lowest BCUT2D eigenvalue weighted by Gasteiger charge is -2.19. The maximum Gasteiger partial charge on any atom is 0.0605 e. The number of hydrogen-bond donors (Lipinski definition) is 0. The minimum Gasteiger partial charge on any atom is -0.254 e.